The van der Waals surface area contributed by atoms with Gasteiger partial charge in [0.1, 0.15) is 0 Å². The molecule has 8 nitrogen and oxygen atoms in total. The summed E-state index contributed by atoms with van der Waals surface area (Å²) < 4.78 is 54.8. The molecule has 10 heteroatoms. The summed E-state index contributed by atoms with van der Waals surface area (Å²) in [7, 11) is -7.45. The molecule has 0 aliphatic carbocycles. The van der Waals surface area contributed by atoms with Gasteiger partial charge in [-0.15, -0.1) is 5.10 Å². The molecule has 1 aromatic carbocycles. The minimum absolute atomic E-state index is 0.0987. The highest BCUT2D eigenvalue weighted by molar-refractivity contribution is 7.90. The molecular weight excluding hydrogens is 354 g/mol. The minimum Gasteiger partial charge on any atom is -0.411 e. The first-order chi connectivity index (χ1) is 11.0. The van der Waals surface area contributed by atoms with Gasteiger partial charge in [0, 0.05) is 6.26 Å². The molecule has 0 bridgehead atoms. The van der Waals surface area contributed by atoms with Crippen LogP contribution in [0.4, 0.5) is 0 Å². The molecule has 0 saturated heterocycles. The van der Waals surface area contributed by atoms with E-state index < -0.39 is 31.1 Å². The summed E-state index contributed by atoms with van der Waals surface area (Å²) in [5, 5.41) is 6.43. The molecule has 0 saturated carbocycles. The summed E-state index contributed by atoms with van der Waals surface area (Å²) >= 11 is 0. The number of sulfonamides is 1. The van der Waals surface area contributed by atoms with Crippen molar-refractivity contribution in [1.82, 2.24) is 14.9 Å². The van der Waals surface area contributed by atoms with E-state index in [4.69, 9.17) is 4.42 Å². The van der Waals surface area contributed by atoms with Crippen molar-refractivity contribution >= 4 is 19.9 Å². The quantitative estimate of drug-likeness (QED) is 0.817. The molecular formula is C14H19N3O5S2. The Hall–Kier alpha value is -1.78. The van der Waals surface area contributed by atoms with Crippen molar-refractivity contribution in [3.63, 3.8) is 0 Å². The van der Waals surface area contributed by atoms with Gasteiger partial charge in [0.25, 0.3) is 0 Å². The van der Waals surface area contributed by atoms with E-state index in [1.165, 1.54) is 19.1 Å². The van der Waals surface area contributed by atoms with Crippen molar-refractivity contribution in [2.75, 3.05) is 6.26 Å². The van der Waals surface area contributed by atoms with Gasteiger partial charge in [0.05, 0.1) is 10.9 Å². The molecule has 0 spiro atoms. The van der Waals surface area contributed by atoms with Crippen molar-refractivity contribution in [3.8, 4) is 0 Å². The van der Waals surface area contributed by atoms with E-state index in [2.05, 4.69) is 14.9 Å². The van der Waals surface area contributed by atoms with Crippen LogP contribution in [-0.2, 0) is 19.9 Å². The fourth-order valence-corrected chi connectivity index (χ4v) is 3.55. The maximum Gasteiger partial charge on any atom is 0.335 e. The van der Waals surface area contributed by atoms with Crippen LogP contribution >= 0.6 is 0 Å². The zero-order valence-electron chi connectivity index (χ0n) is 13.7. The van der Waals surface area contributed by atoms with Crippen molar-refractivity contribution in [2.45, 2.75) is 42.8 Å². The van der Waals surface area contributed by atoms with E-state index in [-0.39, 0.29) is 10.8 Å². The van der Waals surface area contributed by atoms with Gasteiger partial charge in [-0.2, -0.15) is 4.72 Å². The van der Waals surface area contributed by atoms with Gasteiger partial charge in [-0.1, -0.05) is 31.1 Å². The average Bonchev–Trinajstić information content (AvgIpc) is 2.97. The summed E-state index contributed by atoms with van der Waals surface area (Å²) in [5.74, 6) is 0.166. The second kappa shape index (κ2) is 6.61. The van der Waals surface area contributed by atoms with E-state index in [0.717, 1.165) is 11.8 Å². The lowest BCUT2D eigenvalue weighted by Crippen LogP contribution is -2.27. The number of hydrogen-bond acceptors (Lipinski definition) is 7. The molecule has 24 heavy (non-hydrogen) atoms. The normalized spacial score (nSPS) is 14.0. The zero-order chi connectivity index (χ0) is 18.1. The van der Waals surface area contributed by atoms with Gasteiger partial charge in [-0.3, -0.25) is 0 Å². The SMILES string of the molecule is CC(C)c1ccc(S(=O)(=O)N[C@@H](C)c2nnc(S(C)(=O)=O)o2)cc1. The Morgan fingerprint density at radius 3 is 2.04 bits per heavy atom. The van der Waals surface area contributed by atoms with Crippen LogP contribution in [0.3, 0.4) is 0 Å². The molecule has 0 aliphatic rings. The summed E-state index contributed by atoms with van der Waals surface area (Å²) in [6, 6.07) is 5.65. The predicted molar refractivity (Wildman–Crippen MR) is 86.7 cm³/mol. The van der Waals surface area contributed by atoms with E-state index in [1.54, 1.807) is 12.1 Å². The molecule has 132 valence electrons. The lowest BCUT2D eigenvalue weighted by atomic mass is 10.0. The van der Waals surface area contributed by atoms with E-state index >= 15 is 0 Å². The van der Waals surface area contributed by atoms with Gasteiger partial charge in [0.2, 0.25) is 25.8 Å². The molecule has 1 heterocycles. The highest BCUT2D eigenvalue weighted by Crippen LogP contribution is 2.20. The molecule has 1 aromatic heterocycles. The first kappa shape index (κ1) is 18.6. The van der Waals surface area contributed by atoms with Gasteiger partial charge in [-0.05, 0) is 30.5 Å². The maximum absolute atomic E-state index is 12.4. The zero-order valence-corrected chi connectivity index (χ0v) is 15.3. The topological polar surface area (TPSA) is 119 Å². The molecule has 0 radical (unpaired) electrons. The number of sulfone groups is 1. The maximum atomic E-state index is 12.4. The van der Waals surface area contributed by atoms with E-state index in [9.17, 15) is 16.8 Å². The van der Waals surface area contributed by atoms with Crippen LogP contribution in [0, 0.1) is 0 Å². The molecule has 2 aromatic rings. The molecule has 2 rings (SSSR count). The number of nitrogens with zero attached hydrogens (tertiary/aromatic N) is 2. The Balaban J connectivity index is 2.20. The lowest BCUT2D eigenvalue weighted by molar-refractivity contribution is 0.373. The minimum atomic E-state index is -3.80. The molecule has 0 amide bonds. The number of aromatic nitrogens is 2. The summed E-state index contributed by atoms with van der Waals surface area (Å²) in [5.41, 5.74) is 1.02. The third-order valence-corrected chi connectivity index (χ3v) is 5.65. The number of benzene rings is 1. The van der Waals surface area contributed by atoms with Gasteiger partial charge >= 0.3 is 5.22 Å². The van der Waals surface area contributed by atoms with Crippen LogP contribution in [0.5, 0.6) is 0 Å². The van der Waals surface area contributed by atoms with Crippen molar-refractivity contribution in [3.05, 3.63) is 35.7 Å². The van der Waals surface area contributed by atoms with Gasteiger partial charge in [0.15, 0.2) is 0 Å². The van der Waals surface area contributed by atoms with Crippen LogP contribution in [0.1, 0.15) is 44.2 Å². The summed E-state index contributed by atoms with van der Waals surface area (Å²) in [6.07, 6.45) is 0.926. The number of hydrogen-bond donors (Lipinski definition) is 1. The highest BCUT2D eigenvalue weighted by atomic mass is 32.2. The Bertz CT molecular complexity index is 916. The van der Waals surface area contributed by atoms with Crippen molar-refractivity contribution in [2.24, 2.45) is 0 Å². The van der Waals surface area contributed by atoms with Gasteiger partial charge < -0.3 is 4.42 Å². The second-order valence-corrected chi connectivity index (χ2v) is 9.35. The predicted octanol–water partition coefficient (Wildman–Crippen LogP) is 1.64. The molecule has 0 unspecified atom stereocenters. The number of rotatable bonds is 6. The monoisotopic (exact) mass is 373 g/mol. The fourth-order valence-electron chi connectivity index (χ4n) is 1.93. The van der Waals surface area contributed by atoms with E-state index in [0.29, 0.717) is 5.92 Å². The third-order valence-electron chi connectivity index (χ3n) is 3.30. The van der Waals surface area contributed by atoms with Crippen LogP contribution in [0.25, 0.3) is 0 Å². The van der Waals surface area contributed by atoms with Crippen LogP contribution in [-0.4, -0.2) is 33.3 Å². The fraction of sp³-hybridized carbons (Fsp3) is 0.429. The smallest absolute Gasteiger partial charge is 0.335 e. The summed E-state index contributed by atoms with van der Waals surface area (Å²) in [6.45, 7) is 5.51. The molecule has 1 atom stereocenters. The molecule has 0 aliphatic heterocycles. The lowest BCUT2D eigenvalue weighted by Gasteiger charge is -2.12. The van der Waals surface area contributed by atoms with Crippen molar-refractivity contribution in [1.29, 1.82) is 0 Å². The first-order valence-electron chi connectivity index (χ1n) is 7.16. The second-order valence-electron chi connectivity index (χ2n) is 5.75. The molecule has 1 N–H and O–H groups in total. The Morgan fingerprint density at radius 2 is 1.58 bits per heavy atom. The van der Waals surface area contributed by atoms with Crippen LogP contribution in [0.15, 0.2) is 38.8 Å². The van der Waals surface area contributed by atoms with Crippen LogP contribution < -0.4 is 4.72 Å². The Morgan fingerprint density at radius 1 is 1.00 bits per heavy atom. The Kier molecular flexibility index (Phi) is 5.11. The van der Waals surface area contributed by atoms with E-state index in [1.807, 2.05) is 13.8 Å². The Labute approximate surface area is 141 Å². The highest BCUT2D eigenvalue weighted by Gasteiger charge is 2.24. The first-order valence-corrected chi connectivity index (χ1v) is 10.5. The molecule has 0 fully saturated rings. The van der Waals surface area contributed by atoms with Gasteiger partial charge in [-0.25, -0.2) is 16.8 Å². The third kappa shape index (κ3) is 4.19. The summed E-state index contributed by atoms with van der Waals surface area (Å²) in [4.78, 5) is 0.0987. The average molecular weight is 373 g/mol. The van der Waals surface area contributed by atoms with Crippen LogP contribution in [0.2, 0.25) is 0 Å². The van der Waals surface area contributed by atoms with Crippen molar-refractivity contribution < 1.29 is 21.3 Å². The number of nitrogens with one attached hydrogen (secondary N) is 1. The standard InChI is InChI=1S/C14H19N3O5S2/c1-9(2)11-5-7-12(8-6-11)24(20,21)17-10(3)13-15-16-14(22-13)23(4,18)19/h5-10,17H,1-4H3/t10-/m0/s1. The largest absolute Gasteiger partial charge is 0.411 e.